The summed E-state index contributed by atoms with van der Waals surface area (Å²) >= 11 is 5.98. The van der Waals surface area contributed by atoms with Gasteiger partial charge in [-0.3, -0.25) is 9.59 Å². The van der Waals surface area contributed by atoms with Crippen LogP contribution < -0.4 is 10.6 Å². The Balaban J connectivity index is 1.68. The van der Waals surface area contributed by atoms with Gasteiger partial charge in [-0.05, 0) is 66.4 Å². The molecular formula is C30H25ClF3N3O5S. The molecule has 0 saturated heterocycles. The standard InChI is InChI=1S/C30H25ClF3N3O5S/c1-18-15-22(29(30(32,33)34,42-43(3,40)41)21-10-5-4-6-11-21)16-19(2)25(18)37-27(38)20-9-7-12-23(17-20)36-28(39)24-13-8-14-35-26(24)31/h4-17H,1-3H3,(H,36,39)(H,37,38). The van der Waals surface area contributed by atoms with E-state index in [2.05, 4.69) is 15.6 Å². The summed E-state index contributed by atoms with van der Waals surface area (Å²) in [5.74, 6) is -1.15. The van der Waals surface area contributed by atoms with Crippen LogP contribution in [0.2, 0.25) is 5.15 Å². The number of carbonyl (C=O) groups is 2. The number of alkyl halides is 3. The minimum atomic E-state index is -5.19. The van der Waals surface area contributed by atoms with Gasteiger partial charge in [0.2, 0.25) is 5.60 Å². The Morgan fingerprint density at radius 2 is 1.49 bits per heavy atom. The highest BCUT2D eigenvalue weighted by molar-refractivity contribution is 7.86. The minimum absolute atomic E-state index is 0.00652. The van der Waals surface area contributed by atoms with E-state index in [-0.39, 0.29) is 38.8 Å². The summed E-state index contributed by atoms with van der Waals surface area (Å²) in [5, 5.41) is 5.35. The van der Waals surface area contributed by atoms with Crippen molar-refractivity contribution in [3.05, 3.63) is 124 Å². The molecule has 4 rings (SSSR count). The van der Waals surface area contributed by atoms with Crippen molar-refractivity contribution in [2.24, 2.45) is 0 Å². The van der Waals surface area contributed by atoms with E-state index in [0.717, 1.165) is 24.3 Å². The molecule has 1 heterocycles. The van der Waals surface area contributed by atoms with Gasteiger partial charge in [-0.2, -0.15) is 21.6 Å². The molecule has 0 bridgehead atoms. The first-order valence-corrected chi connectivity index (χ1v) is 14.8. The van der Waals surface area contributed by atoms with Crippen LogP contribution in [0.25, 0.3) is 0 Å². The second-order valence-corrected chi connectivity index (χ2v) is 11.6. The SMILES string of the molecule is Cc1cc(C(OS(C)(=O)=O)(c2ccccc2)C(F)(F)F)cc(C)c1NC(=O)c1cccc(NC(=O)c2cccnc2Cl)c1. The van der Waals surface area contributed by atoms with E-state index in [1.807, 2.05) is 0 Å². The second-order valence-electron chi connectivity index (χ2n) is 9.65. The number of pyridine rings is 1. The van der Waals surface area contributed by atoms with E-state index in [4.69, 9.17) is 15.8 Å². The maximum absolute atomic E-state index is 14.8. The summed E-state index contributed by atoms with van der Waals surface area (Å²) in [6.07, 6.45) is -3.21. The molecular weight excluding hydrogens is 607 g/mol. The van der Waals surface area contributed by atoms with E-state index < -0.39 is 44.8 Å². The van der Waals surface area contributed by atoms with Crippen molar-refractivity contribution < 1.29 is 35.4 Å². The summed E-state index contributed by atoms with van der Waals surface area (Å²) in [5.41, 5.74) is -3.03. The number of benzene rings is 3. The minimum Gasteiger partial charge on any atom is -0.322 e. The van der Waals surface area contributed by atoms with Crippen molar-refractivity contribution in [2.45, 2.75) is 25.6 Å². The number of aromatic nitrogens is 1. The largest absolute Gasteiger partial charge is 0.427 e. The highest BCUT2D eigenvalue weighted by Gasteiger charge is 2.61. The molecule has 0 aliphatic rings. The number of nitrogens with one attached hydrogen (secondary N) is 2. The van der Waals surface area contributed by atoms with Gasteiger partial charge in [0, 0.05) is 23.1 Å². The van der Waals surface area contributed by atoms with Crippen molar-refractivity contribution in [1.82, 2.24) is 4.98 Å². The third-order valence-corrected chi connectivity index (χ3v) is 7.27. The summed E-state index contributed by atoms with van der Waals surface area (Å²) in [7, 11) is -4.62. The van der Waals surface area contributed by atoms with Crippen LogP contribution in [-0.2, 0) is 19.9 Å². The predicted molar refractivity (Wildman–Crippen MR) is 157 cm³/mol. The normalized spacial score (nSPS) is 13.2. The number of rotatable bonds is 8. The zero-order valence-corrected chi connectivity index (χ0v) is 24.6. The van der Waals surface area contributed by atoms with Gasteiger partial charge in [-0.1, -0.05) is 60.1 Å². The number of anilines is 2. The summed E-state index contributed by atoms with van der Waals surface area (Å²) in [4.78, 5) is 29.7. The Morgan fingerprint density at radius 1 is 0.837 bits per heavy atom. The van der Waals surface area contributed by atoms with Gasteiger partial charge in [0.1, 0.15) is 5.15 Å². The monoisotopic (exact) mass is 631 g/mol. The Bertz CT molecular complexity index is 1780. The van der Waals surface area contributed by atoms with E-state index in [1.54, 1.807) is 12.1 Å². The van der Waals surface area contributed by atoms with Crippen molar-refractivity contribution in [3.63, 3.8) is 0 Å². The fourth-order valence-electron chi connectivity index (χ4n) is 4.58. The van der Waals surface area contributed by atoms with Gasteiger partial charge in [0.15, 0.2) is 0 Å². The average Bonchev–Trinajstić information content (AvgIpc) is 2.93. The number of halogens is 4. The smallest absolute Gasteiger partial charge is 0.322 e. The number of hydrogen-bond donors (Lipinski definition) is 2. The number of aryl methyl sites for hydroxylation is 2. The Hall–Kier alpha value is -4.26. The molecule has 0 aliphatic heterocycles. The third kappa shape index (κ3) is 6.87. The van der Waals surface area contributed by atoms with E-state index in [9.17, 15) is 31.2 Å². The number of amides is 2. The summed E-state index contributed by atoms with van der Waals surface area (Å²) < 4.78 is 73.7. The molecule has 2 N–H and O–H groups in total. The fourth-order valence-corrected chi connectivity index (χ4v) is 5.53. The highest BCUT2D eigenvalue weighted by Crippen LogP contribution is 2.49. The maximum Gasteiger partial charge on any atom is 0.427 e. The first kappa shape index (κ1) is 31.7. The lowest BCUT2D eigenvalue weighted by Gasteiger charge is -2.36. The van der Waals surface area contributed by atoms with Crippen LogP contribution in [-0.4, -0.2) is 37.6 Å². The van der Waals surface area contributed by atoms with Crippen LogP contribution in [0.4, 0.5) is 24.5 Å². The van der Waals surface area contributed by atoms with Gasteiger partial charge in [-0.15, -0.1) is 0 Å². The Labute approximate surface area is 251 Å². The quantitative estimate of drug-likeness (QED) is 0.166. The van der Waals surface area contributed by atoms with Crippen LogP contribution >= 0.6 is 11.6 Å². The van der Waals surface area contributed by atoms with Crippen molar-refractivity contribution in [2.75, 3.05) is 16.9 Å². The van der Waals surface area contributed by atoms with Gasteiger partial charge >= 0.3 is 6.18 Å². The zero-order chi connectivity index (χ0) is 31.6. The van der Waals surface area contributed by atoms with Crippen molar-refractivity contribution in [1.29, 1.82) is 0 Å². The molecule has 8 nitrogen and oxygen atoms in total. The molecule has 0 saturated carbocycles. The fraction of sp³-hybridized carbons (Fsp3) is 0.167. The van der Waals surface area contributed by atoms with Gasteiger partial charge in [0.05, 0.1) is 11.8 Å². The molecule has 1 atom stereocenters. The van der Waals surface area contributed by atoms with Crippen LogP contribution in [0.1, 0.15) is 43.0 Å². The summed E-state index contributed by atoms with van der Waals surface area (Å²) in [6, 6.07) is 17.8. The molecule has 13 heteroatoms. The number of hydrogen-bond acceptors (Lipinski definition) is 6. The molecule has 1 unspecified atom stereocenters. The molecule has 3 aromatic carbocycles. The zero-order valence-electron chi connectivity index (χ0n) is 23.0. The lowest BCUT2D eigenvalue weighted by atomic mass is 9.83. The van der Waals surface area contributed by atoms with E-state index >= 15 is 0 Å². The Kier molecular flexibility index (Phi) is 8.95. The maximum atomic E-state index is 14.8. The lowest BCUT2D eigenvalue weighted by molar-refractivity contribution is -0.236. The topological polar surface area (TPSA) is 114 Å². The average molecular weight is 632 g/mol. The molecule has 224 valence electrons. The number of carbonyl (C=O) groups excluding carboxylic acids is 2. The van der Waals surface area contributed by atoms with Gasteiger partial charge in [-0.25, -0.2) is 9.17 Å². The number of nitrogens with zero attached hydrogens (tertiary/aromatic N) is 1. The molecule has 0 spiro atoms. The molecule has 4 aromatic rings. The third-order valence-electron chi connectivity index (χ3n) is 6.42. The molecule has 43 heavy (non-hydrogen) atoms. The van der Waals surface area contributed by atoms with Crippen molar-refractivity contribution >= 4 is 44.9 Å². The van der Waals surface area contributed by atoms with Crippen LogP contribution in [0.3, 0.4) is 0 Å². The summed E-state index contributed by atoms with van der Waals surface area (Å²) in [6.45, 7) is 2.96. The molecule has 0 aliphatic carbocycles. The Morgan fingerprint density at radius 3 is 2.07 bits per heavy atom. The molecule has 2 amide bonds. The molecule has 0 radical (unpaired) electrons. The van der Waals surface area contributed by atoms with Crippen molar-refractivity contribution in [3.8, 4) is 0 Å². The van der Waals surface area contributed by atoms with Gasteiger partial charge < -0.3 is 10.6 Å². The highest BCUT2D eigenvalue weighted by atomic mass is 35.5. The van der Waals surface area contributed by atoms with E-state index in [1.165, 1.54) is 62.5 Å². The molecule has 1 aromatic heterocycles. The second kappa shape index (κ2) is 12.2. The van der Waals surface area contributed by atoms with Crippen LogP contribution in [0.5, 0.6) is 0 Å². The lowest BCUT2D eigenvalue weighted by Crippen LogP contribution is -2.47. The molecule has 0 fully saturated rings. The first-order valence-electron chi connectivity index (χ1n) is 12.6. The van der Waals surface area contributed by atoms with Crippen LogP contribution in [0, 0.1) is 13.8 Å². The van der Waals surface area contributed by atoms with E-state index in [0.29, 0.717) is 6.26 Å². The predicted octanol–water partition coefficient (Wildman–Crippen LogP) is 6.64. The van der Waals surface area contributed by atoms with Gasteiger partial charge in [0.25, 0.3) is 21.9 Å². The first-order chi connectivity index (χ1) is 20.1. The van der Waals surface area contributed by atoms with Crippen LogP contribution in [0.15, 0.2) is 85.1 Å².